The molecular weight excluding hydrogens is 134 g/mol. The van der Waals surface area contributed by atoms with E-state index in [1.54, 1.807) is 0 Å². The quantitative estimate of drug-likeness (QED) is 0.517. The molecule has 0 radical (unpaired) electrons. The molecule has 0 saturated heterocycles. The average molecular weight is 143 g/mol. The van der Waals surface area contributed by atoms with Crippen molar-refractivity contribution in [3.8, 4) is 0 Å². The third-order valence-electron chi connectivity index (χ3n) is 1.08. The smallest absolute Gasteiger partial charge is 0.194 e. The highest BCUT2D eigenvalue weighted by molar-refractivity contribution is 7.80. The highest BCUT2D eigenvalue weighted by Gasteiger charge is 2.15. The van der Waals surface area contributed by atoms with Gasteiger partial charge in [-0.3, -0.25) is 0 Å². The second-order valence-electron chi connectivity index (χ2n) is 2.28. The fraction of sp³-hybridized carbons (Fsp3) is 0.667. The summed E-state index contributed by atoms with van der Waals surface area (Å²) < 4.78 is 5.10. The monoisotopic (exact) mass is 143 g/mol. The molecule has 0 spiro atoms. The molecule has 0 amide bonds. The molecule has 0 aromatic rings. The van der Waals surface area contributed by atoms with Gasteiger partial charge in [0.15, 0.2) is 10.9 Å². The van der Waals surface area contributed by atoms with Crippen LogP contribution in [0.4, 0.5) is 0 Å². The Kier molecular flexibility index (Phi) is 1.81. The number of hydrogen-bond acceptors (Lipinski definition) is 3. The van der Waals surface area contributed by atoms with E-state index < -0.39 is 0 Å². The van der Waals surface area contributed by atoms with Gasteiger partial charge in [0.25, 0.3) is 0 Å². The van der Waals surface area contributed by atoms with Crippen molar-refractivity contribution in [2.45, 2.75) is 13.8 Å². The second-order valence-corrected chi connectivity index (χ2v) is 2.74. The molecule has 2 nitrogen and oxygen atoms in total. The lowest BCUT2D eigenvalue weighted by Gasteiger charge is -2.01. The molecule has 0 atom stereocenters. The van der Waals surface area contributed by atoms with E-state index in [9.17, 15) is 0 Å². The van der Waals surface area contributed by atoms with Crippen molar-refractivity contribution in [3.05, 3.63) is 0 Å². The summed E-state index contributed by atoms with van der Waals surface area (Å²) in [6, 6.07) is 0. The first-order chi connectivity index (χ1) is 4.20. The van der Waals surface area contributed by atoms with Crippen LogP contribution in [-0.4, -0.2) is 17.5 Å². The summed E-state index contributed by atoms with van der Waals surface area (Å²) in [5.41, 5.74) is 0. The average Bonchev–Trinajstić information content (AvgIpc) is 2.14. The number of thiocarbonyl (C=S) groups is 1. The topological polar surface area (TPSA) is 21.6 Å². The van der Waals surface area contributed by atoms with Gasteiger partial charge in [-0.2, -0.15) is 0 Å². The fourth-order valence-corrected chi connectivity index (χ4v) is 0.774. The lowest BCUT2D eigenvalue weighted by atomic mass is 10.2. The molecule has 9 heavy (non-hydrogen) atoms. The highest BCUT2D eigenvalue weighted by atomic mass is 32.1. The van der Waals surface area contributed by atoms with Crippen molar-refractivity contribution in [2.24, 2.45) is 10.9 Å². The standard InChI is InChI=1S/C6H9NOS/c1-4(2)6-7-3-5(9)8-6/h4H,3H2,1-2H3. The first-order valence-electron chi connectivity index (χ1n) is 2.95. The van der Waals surface area contributed by atoms with E-state index >= 15 is 0 Å². The van der Waals surface area contributed by atoms with Gasteiger partial charge in [0.2, 0.25) is 0 Å². The Hall–Kier alpha value is -0.440. The van der Waals surface area contributed by atoms with Gasteiger partial charge in [-0.1, -0.05) is 13.8 Å². The third-order valence-corrected chi connectivity index (χ3v) is 1.29. The Bertz CT molecular complexity index is 162. The van der Waals surface area contributed by atoms with Crippen LogP contribution in [0.2, 0.25) is 0 Å². The van der Waals surface area contributed by atoms with Crippen LogP contribution in [0.15, 0.2) is 4.99 Å². The van der Waals surface area contributed by atoms with E-state index in [2.05, 4.69) is 4.99 Å². The molecule has 0 N–H and O–H groups in total. The molecule has 0 bridgehead atoms. The molecule has 0 aromatic heterocycles. The Morgan fingerprint density at radius 1 is 1.67 bits per heavy atom. The molecular formula is C6H9NOS. The number of nitrogens with zero attached hydrogens (tertiary/aromatic N) is 1. The zero-order valence-electron chi connectivity index (χ0n) is 5.55. The van der Waals surface area contributed by atoms with E-state index in [1.807, 2.05) is 13.8 Å². The van der Waals surface area contributed by atoms with Crippen LogP contribution in [0.5, 0.6) is 0 Å². The van der Waals surface area contributed by atoms with Crippen LogP contribution in [0, 0.1) is 5.92 Å². The van der Waals surface area contributed by atoms with Crippen molar-refractivity contribution in [1.29, 1.82) is 0 Å². The molecule has 1 aliphatic rings. The molecule has 3 heteroatoms. The number of aliphatic imine (C=N–C) groups is 1. The summed E-state index contributed by atoms with van der Waals surface area (Å²) in [6.45, 7) is 4.64. The zero-order valence-corrected chi connectivity index (χ0v) is 6.36. The highest BCUT2D eigenvalue weighted by Crippen LogP contribution is 2.06. The van der Waals surface area contributed by atoms with E-state index in [-0.39, 0.29) is 0 Å². The van der Waals surface area contributed by atoms with Crippen molar-refractivity contribution < 1.29 is 4.74 Å². The predicted octanol–water partition coefficient (Wildman–Crippen LogP) is 1.40. The van der Waals surface area contributed by atoms with Gasteiger partial charge in [-0.15, -0.1) is 0 Å². The maximum atomic E-state index is 5.10. The van der Waals surface area contributed by atoms with Gasteiger partial charge in [0, 0.05) is 5.92 Å². The van der Waals surface area contributed by atoms with Crippen molar-refractivity contribution in [2.75, 3.05) is 6.54 Å². The molecule has 1 aliphatic heterocycles. The fourth-order valence-electron chi connectivity index (χ4n) is 0.624. The van der Waals surface area contributed by atoms with Crippen molar-refractivity contribution in [3.63, 3.8) is 0 Å². The SMILES string of the molecule is CC(C)C1=NCC(=S)O1. The molecule has 0 aromatic carbocycles. The summed E-state index contributed by atoms with van der Waals surface area (Å²) >= 11 is 4.78. The van der Waals surface area contributed by atoms with Crippen LogP contribution < -0.4 is 0 Å². The van der Waals surface area contributed by atoms with Gasteiger partial charge in [-0.05, 0) is 12.2 Å². The molecule has 0 fully saturated rings. The molecule has 0 aliphatic carbocycles. The summed E-state index contributed by atoms with van der Waals surface area (Å²) in [7, 11) is 0. The molecule has 0 unspecified atom stereocenters. The van der Waals surface area contributed by atoms with Gasteiger partial charge in [-0.25, -0.2) is 4.99 Å². The number of ether oxygens (including phenoxy) is 1. The molecule has 50 valence electrons. The minimum absolute atomic E-state index is 0.366. The van der Waals surface area contributed by atoms with E-state index in [0.29, 0.717) is 17.5 Å². The van der Waals surface area contributed by atoms with E-state index in [0.717, 1.165) is 5.90 Å². The first-order valence-corrected chi connectivity index (χ1v) is 3.36. The largest absolute Gasteiger partial charge is 0.434 e. The van der Waals surface area contributed by atoms with Crippen LogP contribution in [0.1, 0.15) is 13.8 Å². The third kappa shape index (κ3) is 1.48. The summed E-state index contributed by atoms with van der Waals surface area (Å²) in [5.74, 6) is 1.14. The maximum Gasteiger partial charge on any atom is 0.194 e. The Morgan fingerprint density at radius 3 is 2.56 bits per heavy atom. The Labute approximate surface area is 59.9 Å². The summed E-state index contributed by atoms with van der Waals surface area (Å²) in [5, 5.41) is 0.596. The van der Waals surface area contributed by atoms with Crippen LogP contribution in [0.3, 0.4) is 0 Å². The van der Waals surface area contributed by atoms with Crippen LogP contribution >= 0.6 is 12.2 Å². The summed E-state index contributed by atoms with van der Waals surface area (Å²) in [6.07, 6.45) is 0. The molecule has 1 heterocycles. The summed E-state index contributed by atoms with van der Waals surface area (Å²) in [4.78, 5) is 4.07. The normalized spacial score (nSPS) is 18.1. The van der Waals surface area contributed by atoms with Gasteiger partial charge in [0.05, 0.1) is 0 Å². The lowest BCUT2D eigenvalue weighted by molar-refractivity contribution is 0.528. The molecule has 0 saturated carbocycles. The van der Waals surface area contributed by atoms with E-state index in [4.69, 9.17) is 17.0 Å². The Balaban J connectivity index is 2.55. The van der Waals surface area contributed by atoms with Crippen LogP contribution in [0.25, 0.3) is 0 Å². The van der Waals surface area contributed by atoms with Crippen LogP contribution in [-0.2, 0) is 4.74 Å². The predicted molar refractivity (Wildman–Crippen MR) is 40.8 cm³/mol. The lowest BCUT2D eigenvalue weighted by Crippen LogP contribution is -2.08. The minimum Gasteiger partial charge on any atom is -0.434 e. The minimum atomic E-state index is 0.366. The maximum absolute atomic E-state index is 5.10. The van der Waals surface area contributed by atoms with Gasteiger partial charge >= 0.3 is 0 Å². The van der Waals surface area contributed by atoms with E-state index in [1.165, 1.54) is 0 Å². The first kappa shape index (κ1) is 6.68. The number of rotatable bonds is 1. The number of hydrogen-bond donors (Lipinski definition) is 0. The van der Waals surface area contributed by atoms with Gasteiger partial charge < -0.3 is 4.74 Å². The Morgan fingerprint density at radius 2 is 2.33 bits per heavy atom. The van der Waals surface area contributed by atoms with Crippen molar-refractivity contribution in [1.82, 2.24) is 0 Å². The molecule has 1 rings (SSSR count). The van der Waals surface area contributed by atoms with Crippen molar-refractivity contribution >= 4 is 23.2 Å². The second kappa shape index (κ2) is 2.43. The zero-order chi connectivity index (χ0) is 6.85. The van der Waals surface area contributed by atoms with Gasteiger partial charge in [0.1, 0.15) is 6.54 Å².